The normalized spacial score (nSPS) is 10.6. The number of Topliss-reactive ketones (excluding diaryl/α,β-unsaturated/α-hetero) is 1. The zero-order chi connectivity index (χ0) is 16.9. The van der Waals surface area contributed by atoms with E-state index in [1.807, 2.05) is 0 Å². The van der Waals surface area contributed by atoms with Crippen LogP contribution in [0.4, 0.5) is 8.78 Å². The number of aliphatic carboxylic acids is 1. The third kappa shape index (κ3) is 4.91. The number of hydrogen-bond donors (Lipinski definition) is 1. The lowest BCUT2D eigenvalue weighted by Crippen LogP contribution is -2.40. The molecule has 1 rings (SSSR count). The number of hydrogen-bond acceptors (Lipinski definition) is 3. The summed E-state index contributed by atoms with van der Waals surface area (Å²) >= 11 is 0. The molecule has 7 heteroatoms. The summed E-state index contributed by atoms with van der Waals surface area (Å²) in [5.74, 6) is -4.07. The van der Waals surface area contributed by atoms with Gasteiger partial charge in [-0.1, -0.05) is 0 Å². The van der Waals surface area contributed by atoms with Crippen LogP contribution in [0.25, 0.3) is 0 Å². The van der Waals surface area contributed by atoms with Crippen LogP contribution in [0.5, 0.6) is 0 Å². The second-order valence-electron chi connectivity index (χ2n) is 5.06. The van der Waals surface area contributed by atoms with Crippen LogP contribution in [0.15, 0.2) is 18.2 Å². The van der Waals surface area contributed by atoms with Crippen molar-refractivity contribution in [1.29, 1.82) is 0 Å². The summed E-state index contributed by atoms with van der Waals surface area (Å²) < 4.78 is 26.2. The van der Waals surface area contributed by atoms with Gasteiger partial charge in [-0.2, -0.15) is 0 Å². The number of carboxylic acid groups (broad SMARTS) is 1. The first-order chi connectivity index (χ1) is 10.2. The molecule has 0 atom stereocenters. The van der Waals surface area contributed by atoms with Crippen molar-refractivity contribution in [3.63, 3.8) is 0 Å². The Labute approximate surface area is 126 Å². The lowest BCUT2D eigenvalue weighted by Gasteiger charge is -2.24. The van der Waals surface area contributed by atoms with Gasteiger partial charge in [0.2, 0.25) is 5.91 Å². The highest BCUT2D eigenvalue weighted by Gasteiger charge is 2.21. The molecule has 0 aliphatic rings. The molecule has 0 fully saturated rings. The van der Waals surface area contributed by atoms with E-state index >= 15 is 0 Å². The number of benzene rings is 1. The Balaban J connectivity index is 2.69. The Kier molecular flexibility index (Phi) is 6.15. The molecule has 0 bridgehead atoms. The topological polar surface area (TPSA) is 74.7 Å². The average molecular weight is 313 g/mol. The molecule has 1 aromatic rings. The molecule has 22 heavy (non-hydrogen) atoms. The molecule has 5 nitrogen and oxygen atoms in total. The maximum Gasteiger partial charge on any atom is 0.323 e. The Morgan fingerprint density at radius 1 is 1.18 bits per heavy atom. The van der Waals surface area contributed by atoms with E-state index < -0.39 is 35.8 Å². The molecule has 1 N–H and O–H groups in total. The molecule has 0 saturated carbocycles. The van der Waals surface area contributed by atoms with Crippen LogP contribution in [0.1, 0.15) is 37.0 Å². The lowest BCUT2D eigenvalue weighted by molar-refractivity contribution is -0.145. The zero-order valence-corrected chi connectivity index (χ0v) is 12.3. The molecule has 0 heterocycles. The first-order valence-electron chi connectivity index (χ1n) is 6.72. The summed E-state index contributed by atoms with van der Waals surface area (Å²) in [6.07, 6.45) is -0.509. The Morgan fingerprint density at radius 2 is 1.82 bits per heavy atom. The van der Waals surface area contributed by atoms with Crippen molar-refractivity contribution in [2.45, 2.75) is 32.7 Å². The predicted octanol–water partition coefficient (Wildman–Crippen LogP) is 2.25. The molecule has 0 aliphatic heterocycles. The number of carbonyl (C=O) groups is 3. The van der Waals surface area contributed by atoms with Crippen molar-refractivity contribution in [2.24, 2.45) is 0 Å². The van der Waals surface area contributed by atoms with Crippen molar-refractivity contribution < 1.29 is 28.3 Å². The number of amides is 1. The van der Waals surface area contributed by atoms with Crippen molar-refractivity contribution in [2.75, 3.05) is 6.54 Å². The Morgan fingerprint density at radius 3 is 2.32 bits per heavy atom. The van der Waals surface area contributed by atoms with Gasteiger partial charge in [-0.05, 0) is 26.0 Å². The fourth-order valence-electron chi connectivity index (χ4n) is 1.92. The van der Waals surface area contributed by atoms with Gasteiger partial charge < -0.3 is 10.0 Å². The number of halogens is 2. The predicted molar refractivity (Wildman–Crippen MR) is 74.4 cm³/mol. The largest absolute Gasteiger partial charge is 0.480 e. The van der Waals surface area contributed by atoms with E-state index in [1.165, 1.54) is 0 Å². The summed E-state index contributed by atoms with van der Waals surface area (Å²) in [6, 6.07) is 2.25. The molecular formula is C15H17F2NO4. The van der Waals surface area contributed by atoms with Crippen LogP contribution in [0, 0.1) is 11.6 Å². The van der Waals surface area contributed by atoms with Crippen molar-refractivity contribution in [3.05, 3.63) is 35.4 Å². The van der Waals surface area contributed by atoms with Gasteiger partial charge in [-0.25, -0.2) is 8.78 Å². The molecule has 0 aromatic heterocycles. The number of nitrogens with zero attached hydrogens (tertiary/aromatic N) is 1. The molecule has 0 aliphatic carbocycles. The van der Waals surface area contributed by atoms with Crippen molar-refractivity contribution in [3.8, 4) is 0 Å². The van der Waals surface area contributed by atoms with Crippen LogP contribution in [-0.2, 0) is 9.59 Å². The third-order valence-electron chi connectivity index (χ3n) is 3.05. The summed E-state index contributed by atoms with van der Waals surface area (Å²) in [4.78, 5) is 35.6. The van der Waals surface area contributed by atoms with Crippen LogP contribution < -0.4 is 0 Å². The minimum atomic E-state index is -1.15. The fraction of sp³-hybridized carbons (Fsp3) is 0.400. The first-order valence-corrected chi connectivity index (χ1v) is 6.72. The maximum absolute atomic E-state index is 13.5. The molecule has 0 spiro atoms. The fourth-order valence-corrected chi connectivity index (χ4v) is 1.92. The van der Waals surface area contributed by atoms with E-state index in [1.54, 1.807) is 13.8 Å². The second kappa shape index (κ2) is 7.63. The quantitative estimate of drug-likeness (QED) is 0.784. The number of carboxylic acids is 1. The van der Waals surface area contributed by atoms with Gasteiger partial charge in [0.15, 0.2) is 5.78 Å². The van der Waals surface area contributed by atoms with E-state index in [0.717, 1.165) is 17.0 Å². The minimum Gasteiger partial charge on any atom is -0.480 e. The lowest BCUT2D eigenvalue weighted by atomic mass is 10.1. The summed E-state index contributed by atoms with van der Waals surface area (Å²) in [7, 11) is 0. The standard InChI is InChI=1S/C15H17F2NO4/c1-9(2)18(8-15(21)22)14(20)6-5-13(19)11-4-3-10(16)7-12(11)17/h3-4,7,9H,5-6,8H2,1-2H3,(H,21,22). The van der Waals surface area contributed by atoms with Gasteiger partial charge in [0.1, 0.15) is 18.2 Å². The van der Waals surface area contributed by atoms with Gasteiger partial charge in [0.05, 0.1) is 5.56 Å². The number of ketones is 1. The van der Waals surface area contributed by atoms with Crippen molar-refractivity contribution in [1.82, 2.24) is 4.90 Å². The molecule has 0 radical (unpaired) electrons. The zero-order valence-electron chi connectivity index (χ0n) is 12.3. The van der Waals surface area contributed by atoms with Crippen LogP contribution in [0.3, 0.4) is 0 Å². The smallest absolute Gasteiger partial charge is 0.323 e. The Bertz CT molecular complexity index is 587. The van der Waals surface area contributed by atoms with Gasteiger partial charge in [-0.15, -0.1) is 0 Å². The van der Waals surface area contributed by atoms with Gasteiger partial charge in [0, 0.05) is 24.9 Å². The average Bonchev–Trinajstić information content (AvgIpc) is 2.41. The first kappa shape index (κ1) is 17.7. The van der Waals surface area contributed by atoms with E-state index in [9.17, 15) is 23.2 Å². The third-order valence-corrected chi connectivity index (χ3v) is 3.05. The highest BCUT2D eigenvalue weighted by molar-refractivity contribution is 5.98. The monoisotopic (exact) mass is 313 g/mol. The van der Waals surface area contributed by atoms with E-state index in [2.05, 4.69) is 0 Å². The number of carbonyl (C=O) groups excluding carboxylic acids is 2. The summed E-state index contributed by atoms with van der Waals surface area (Å²) in [5.41, 5.74) is -0.288. The molecule has 1 aromatic carbocycles. The summed E-state index contributed by atoms with van der Waals surface area (Å²) in [6.45, 7) is 2.85. The van der Waals surface area contributed by atoms with Gasteiger partial charge in [0.25, 0.3) is 0 Å². The van der Waals surface area contributed by atoms with E-state index in [-0.39, 0.29) is 24.4 Å². The SMILES string of the molecule is CC(C)N(CC(=O)O)C(=O)CCC(=O)c1ccc(F)cc1F. The van der Waals surface area contributed by atoms with E-state index in [0.29, 0.717) is 6.07 Å². The van der Waals surface area contributed by atoms with Gasteiger partial charge in [-0.3, -0.25) is 14.4 Å². The second-order valence-corrected chi connectivity index (χ2v) is 5.06. The Hall–Kier alpha value is -2.31. The molecule has 0 saturated heterocycles. The maximum atomic E-state index is 13.5. The van der Waals surface area contributed by atoms with E-state index in [4.69, 9.17) is 5.11 Å². The molecule has 0 unspecified atom stereocenters. The van der Waals surface area contributed by atoms with Crippen LogP contribution in [-0.4, -0.2) is 40.3 Å². The minimum absolute atomic E-state index is 0.235. The number of rotatable bonds is 7. The molecular weight excluding hydrogens is 296 g/mol. The van der Waals surface area contributed by atoms with Gasteiger partial charge >= 0.3 is 5.97 Å². The highest BCUT2D eigenvalue weighted by atomic mass is 19.1. The van der Waals surface area contributed by atoms with Crippen LogP contribution in [0.2, 0.25) is 0 Å². The summed E-state index contributed by atoms with van der Waals surface area (Å²) in [5, 5.41) is 8.75. The molecule has 1 amide bonds. The molecule has 120 valence electrons. The highest BCUT2D eigenvalue weighted by Crippen LogP contribution is 2.14. The van der Waals surface area contributed by atoms with Crippen LogP contribution >= 0.6 is 0 Å². The van der Waals surface area contributed by atoms with Crippen molar-refractivity contribution >= 4 is 17.7 Å².